The van der Waals surface area contributed by atoms with E-state index < -0.39 is 11.6 Å². The number of urea groups is 1. The standard InChI is InChI=1S/C26H38N12O3/c1-26(2,3)37-25(39)36-22-20(15-8-18(40-4)11-19(9-15)41-5)10-16-12-32-24(35-21(16)34-22)33-13-17(27)14-38(30)7-6-31-23(28)29/h8-12,14H,6-7,13,27,30H2,1-5H3,(H4,28,29,31)(H3,32,33,34,35,36,37,39)/b17-14-. The van der Waals surface area contributed by atoms with Gasteiger partial charge in [0.05, 0.1) is 33.9 Å². The number of anilines is 2. The maximum Gasteiger partial charge on any atom is 0.320 e. The summed E-state index contributed by atoms with van der Waals surface area (Å²) in [5.74, 6) is 7.62. The van der Waals surface area contributed by atoms with Gasteiger partial charge in [0.2, 0.25) is 5.95 Å². The molecular weight excluding hydrogens is 528 g/mol. The third-order valence-electron chi connectivity index (χ3n) is 5.39. The summed E-state index contributed by atoms with van der Waals surface area (Å²) in [5.41, 5.74) is 18.4. The van der Waals surface area contributed by atoms with Crippen molar-refractivity contribution in [1.29, 1.82) is 0 Å². The van der Waals surface area contributed by atoms with Crippen LogP contribution in [0.4, 0.5) is 16.6 Å². The molecule has 0 saturated heterocycles. The van der Waals surface area contributed by atoms with Gasteiger partial charge in [-0.25, -0.2) is 20.6 Å². The van der Waals surface area contributed by atoms with Crippen molar-refractivity contribution in [2.24, 2.45) is 28.0 Å². The second-order valence-electron chi connectivity index (χ2n) is 10.0. The molecule has 0 atom stereocenters. The second kappa shape index (κ2) is 13.3. The lowest BCUT2D eigenvalue weighted by atomic mass is 10.0. The zero-order valence-corrected chi connectivity index (χ0v) is 23.9. The molecule has 0 unspecified atom stereocenters. The van der Waals surface area contributed by atoms with Crippen molar-refractivity contribution in [2.45, 2.75) is 26.3 Å². The number of ether oxygens (including phenoxy) is 2. The summed E-state index contributed by atoms with van der Waals surface area (Å²) >= 11 is 0. The van der Waals surface area contributed by atoms with Gasteiger partial charge in [-0.15, -0.1) is 0 Å². The van der Waals surface area contributed by atoms with Gasteiger partial charge in [0.15, 0.2) is 11.6 Å². The van der Waals surface area contributed by atoms with Gasteiger partial charge >= 0.3 is 6.03 Å². The molecule has 0 radical (unpaired) electrons. The first-order valence-corrected chi connectivity index (χ1v) is 12.6. The van der Waals surface area contributed by atoms with Crippen LogP contribution in [0.5, 0.6) is 11.5 Å². The number of guanidine groups is 1. The molecular formula is C26H38N12O3. The molecule has 2 aromatic heterocycles. The number of fused-ring (bicyclic) bond motifs is 1. The first-order valence-electron chi connectivity index (χ1n) is 12.6. The monoisotopic (exact) mass is 566 g/mol. The highest BCUT2D eigenvalue weighted by Crippen LogP contribution is 2.35. The van der Waals surface area contributed by atoms with Crippen LogP contribution in [-0.4, -0.2) is 71.3 Å². The van der Waals surface area contributed by atoms with Gasteiger partial charge in [-0.05, 0) is 44.5 Å². The summed E-state index contributed by atoms with van der Waals surface area (Å²) in [6.45, 7) is 6.55. The zero-order valence-electron chi connectivity index (χ0n) is 23.9. The lowest BCUT2D eigenvalue weighted by Crippen LogP contribution is -2.43. The average molecular weight is 567 g/mol. The highest BCUT2D eigenvalue weighted by Gasteiger charge is 2.18. The van der Waals surface area contributed by atoms with Crippen LogP contribution < -0.4 is 48.5 Å². The van der Waals surface area contributed by atoms with Crippen molar-refractivity contribution in [3.05, 3.63) is 42.4 Å². The Kier molecular flexibility index (Phi) is 9.92. The van der Waals surface area contributed by atoms with Crippen LogP contribution in [0.3, 0.4) is 0 Å². The van der Waals surface area contributed by atoms with Crippen molar-refractivity contribution < 1.29 is 14.3 Å². The molecule has 0 spiro atoms. The fourth-order valence-electron chi connectivity index (χ4n) is 3.61. The number of rotatable bonds is 11. The maximum absolute atomic E-state index is 12.8. The highest BCUT2D eigenvalue weighted by molar-refractivity contribution is 5.96. The van der Waals surface area contributed by atoms with Crippen LogP contribution in [0.1, 0.15) is 20.8 Å². The summed E-state index contributed by atoms with van der Waals surface area (Å²) in [6, 6.07) is 6.82. The van der Waals surface area contributed by atoms with Crippen LogP contribution >= 0.6 is 0 Å². The van der Waals surface area contributed by atoms with Gasteiger partial charge < -0.3 is 42.3 Å². The van der Waals surface area contributed by atoms with Crippen LogP contribution in [0, 0.1) is 0 Å². The predicted molar refractivity (Wildman–Crippen MR) is 160 cm³/mol. The number of aromatic nitrogens is 3. The molecule has 0 fully saturated rings. The van der Waals surface area contributed by atoms with E-state index in [0.29, 0.717) is 52.4 Å². The molecule has 1 aromatic carbocycles. The molecule has 220 valence electrons. The number of nitrogens with two attached hydrogens (primary N) is 4. The van der Waals surface area contributed by atoms with Gasteiger partial charge in [-0.3, -0.25) is 10.3 Å². The van der Waals surface area contributed by atoms with Crippen molar-refractivity contribution in [3.8, 4) is 22.6 Å². The molecule has 2 amide bonds. The quantitative estimate of drug-likeness (QED) is 0.0753. The number of nitrogens with zero attached hydrogens (tertiary/aromatic N) is 5. The minimum Gasteiger partial charge on any atom is -0.497 e. The molecule has 41 heavy (non-hydrogen) atoms. The largest absolute Gasteiger partial charge is 0.497 e. The van der Waals surface area contributed by atoms with Gasteiger partial charge in [-0.1, -0.05) is 0 Å². The summed E-state index contributed by atoms with van der Waals surface area (Å²) in [7, 11) is 3.13. The number of nitrogens with one attached hydrogen (secondary N) is 3. The fourth-order valence-corrected chi connectivity index (χ4v) is 3.61. The molecule has 0 aliphatic carbocycles. The number of amides is 2. The smallest absolute Gasteiger partial charge is 0.320 e. The number of carbonyl (C=O) groups is 1. The van der Waals surface area contributed by atoms with E-state index in [2.05, 4.69) is 35.9 Å². The number of carbonyl (C=O) groups excluding carboxylic acids is 1. The molecule has 11 N–H and O–H groups in total. The SMILES string of the molecule is COc1cc(OC)cc(-c2cc3cnc(NC/C(N)=C/N(N)CCN=C(N)N)nc3nc2NC(=O)NC(C)(C)C)c1. The van der Waals surface area contributed by atoms with Gasteiger partial charge in [0.1, 0.15) is 17.3 Å². The molecule has 0 saturated carbocycles. The zero-order chi connectivity index (χ0) is 30.2. The molecule has 3 aromatic rings. The van der Waals surface area contributed by atoms with Gasteiger partial charge in [-0.2, -0.15) is 4.98 Å². The number of benzene rings is 1. The Labute approximate surface area is 238 Å². The van der Waals surface area contributed by atoms with Gasteiger partial charge in [0.25, 0.3) is 0 Å². The number of aliphatic imine (C=N–C) groups is 1. The fraction of sp³-hybridized carbons (Fsp3) is 0.346. The average Bonchev–Trinajstić information content (AvgIpc) is 2.89. The van der Waals surface area contributed by atoms with E-state index in [9.17, 15) is 4.79 Å². The van der Waals surface area contributed by atoms with Crippen molar-refractivity contribution >= 4 is 34.8 Å². The Hall–Kier alpha value is -5.05. The van der Waals surface area contributed by atoms with Crippen LogP contribution in [0.25, 0.3) is 22.2 Å². The Bertz CT molecular complexity index is 1410. The number of methoxy groups -OCH3 is 2. The minimum absolute atomic E-state index is 0.0115. The molecule has 15 heteroatoms. The third kappa shape index (κ3) is 9.28. The summed E-state index contributed by atoms with van der Waals surface area (Å²) in [5, 5.41) is 10.8. The van der Waals surface area contributed by atoms with Crippen LogP contribution in [-0.2, 0) is 0 Å². The summed E-state index contributed by atoms with van der Waals surface area (Å²) < 4.78 is 10.9. The van der Waals surface area contributed by atoms with Crippen LogP contribution in [0.15, 0.2) is 47.4 Å². The normalized spacial score (nSPS) is 11.5. The second-order valence-corrected chi connectivity index (χ2v) is 10.0. The Morgan fingerprint density at radius 1 is 1.07 bits per heavy atom. The van der Waals surface area contributed by atoms with Crippen molar-refractivity contribution in [2.75, 3.05) is 44.5 Å². The molecule has 0 aliphatic heterocycles. The van der Waals surface area contributed by atoms with E-state index in [1.807, 2.05) is 39.0 Å². The number of hydrogen-bond acceptors (Lipinski definition) is 11. The lowest BCUT2D eigenvalue weighted by Gasteiger charge is -2.21. The topological polar surface area (TPSA) is 230 Å². The summed E-state index contributed by atoms with van der Waals surface area (Å²) in [6.07, 6.45) is 3.18. The summed E-state index contributed by atoms with van der Waals surface area (Å²) in [4.78, 5) is 30.3. The number of hydrazine groups is 1. The first kappa shape index (κ1) is 30.5. The molecule has 3 rings (SSSR count). The van der Waals surface area contributed by atoms with E-state index >= 15 is 0 Å². The van der Waals surface area contributed by atoms with Crippen molar-refractivity contribution in [1.82, 2.24) is 25.3 Å². The molecule has 2 heterocycles. The number of pyridine rings is 1. The number of hydrogen-bond donors (Lipinski definition) is 7. The Morgan fingerprint density at radius 3 is 2.37 bits per heavy atom. The van der Waals surface area contributed by atoms with E-state index in [0.717, 1.165) is 0 Å². The Morgan fingerprint density at radius 2 is 1.76 bits per heavy atom. The van der Waals surface area contributed by atoms with Crippen molar-refractivity contribution in [3.63, 3.8) is 0 Å². The molecule has 0 bridgehead atoms. The van der Waals surface area contributed by atoms with E-state index in [1.165, 1.54) is 5.01 Å². The third-order valence-corrected chi connectivity index (χ3v) is 5.39. The maximum atomic E-state index is 12.8. The van der Waals surface area contributed by atoms with Gasteiger partial charge in [0, 0.05) is 40.6 Å². The molecule has 15 nitrogen and oxygen atoms in total. The Balaban J connectivity index is 1.92. The predicted octanol–water partition coefficient (Wildman–Crippen LogP) is 1.29. The van der Waals surface area contributed by atoms with Crippen LogP contribution in [0.2, 0.25) is 0 Å². The van der Waals surface area contributed by atoms with E-state index in [-0.39, 0.29) is 24.3 Å². The minimum atomic E-state index is -0.461. The van der Waals surface area contributed by atoms with E-state index in [1.54, 1.807) is 32.7 Å². The highest BCUT2D eigenvalue weighted by atomic mass is 16.5. The molecule has 0 aliphatic rings. The first-order chi connectivity index (χ1) is 19.4. The lowest BCUT2D eigenvalue weighted by molar-refractivity contribution is 0.243. The van der Waals surface area contributed by atoms with E-state index in [4.69, 9.17) is 32.5 Å².